The molecule has 0 bridgehead atoms. The zero-order valence-corrected chi connectivity index (χ0v) is 9.14. The number of piperidine rings is 1. The summed E-state index contributed by atoms with van der Waals surface area (Å²) in [6.45, 7) is 2.06. The van der Waals surface area contributed by atoms with Crippen LogP contribution in [-0.4, -0.2) is 29.6 Å². The maximum Gasteiger partial charge on any atom is 0.120 e. The quantitative estimate of drug-likeness (QED) is 0.325. The van der Waals surface area contributed by atoms with Crippen molar-refractivity contribution in [1.29, 1.82) is 0 Å². The monoisotopic (exact) mass is 211 g/mol. The van der Waals surface area contributed by atoms with Crippen molar-refractivity contribution in [3.63, 3.8) is 0 Å². The minimum atomic E-state index is 0. The highest BCUT2D eigenvalue weighted by Gasteiger charge is 2.10. The van der Waals surface area contributed by atoms with E-state index in [9.17, 15) is 0 Å². The van der Waals surface area contributed by atoms with Gasteiger partial charge in [0.1, 0.15) is 12.2 Å². The number of nitrogens with zero attached hydrogens (tertiary/aromatic N) is 2. The standard InChI is InChI=1S/C6H15N3OS.H2S/c1-8(7)11-10-9-5-3-2-4-6-9;/h2-7H2,1H3;1H2. The smallest absolute Gasteiger partial charge is 0.120 e. The largest absolute Gasteiger partial charge is 0.257 e. The Morgan fingerprint density at radius 3 is 2.42 bits per heavy atom. The minimum Gasteiger partial charge on any atom is -0.257 e. The van der Waals surface area contributed by atoms with Crippen molar-refractivity contribution < 1.29 is 4.28 Å². The van der Waals surface area contributed by atoms with Crippen molar-refractivity contribution in [1.82, 2.24) is 9.48 Å². The summed E-state index contributed by atoms with van der Waals surface area (Å²) in [6.07, 6.45) is 3.78. The van der Waals surface area contributed by atoms with Crippen LogP contribution < -0.4 is 5.84 Å². The molecule has 0 atom stereocenters. The van der Waals surface area contributed by atoms with E-state index in [2.05, 4.69) is 0 Å². The van der Waals surface area contributed by atoms with E-state index >= 15 is 0 Å². The van der Waals surface area contributed by atoms with E-state index < -0.39 is 0 Å². The van der Waals surface area contributed by atoms with Gasteiger partial charge in [-0.25, -0.2) is 4.28 Å². The molecule has 1 aliphatic rings. The molecule has 0 spiro atoms. The Morgan fingerprint density at radius 2 is 1.92 bits per heavy atom. The molecule has 1 heterocycles. The first-order chi connectivity index (χ1) is 5.29. The van der Waals surface area contributed by atoms with E-state index in [-0.39, 0.29) is 13.5 Å². The van der Waals surface area contributed by atoms with Gasteiger partial charge in [0, 0.05) is 20.1 Å². The Morgan fingerprint density at radius 1 is 1.33 bits per heavy atom. The summed E-state index contributed by atoms with van der Waals surface area (Å²) in [7, 11) is 1.76. The van der Waals surface area contributed by atoms with E-state index in [4.69, 9.17) is 10.1 Å². The Bertz CT molecular complexity index is 109. The fraction of sp³-hybridized carbons (Fsp3) is 1.00. The SMILES string of the molecule is CN(N)SON1CCCCC1.S. The summed E-state index contributed by atoms with van der Waals surface area (Å²) in [6, 6.07) is 0. The second-order valence-electron chi connectivity index (χ2n) is 2.68. The van der Waals surface area contributed by atoms with Gasteiger partial charge in [0.2, 0.25) is 0 Å². The van der Waals surface area contributed by atoms with E-state index in [0.29, 0.717) is 0 Å². The van der Waals surface area contributed by atoms with Gasteiger partial charge < -0.3 is 0 Å². The van der Waals surface area contributed by atoms with Crippen molar-refractivity contribution in [2.45, 2.75) is 19.3 Å². The van der Waals surface area contributed by atoms with Gasteiger partial charge in [-0.15, -0.1) is 0 Å². The summed E-state index contributed by atoms with van der Waals surface area (Å²) in [4.78, 5) is 0. The van der Waals surface area contributed by atoms with Crippen LogP contribution in [0.25, 0.3) is 0 Å². The summed E-state index contributed by atoms with van der Waals surface area (Å²) in [5, 5.41) is 1.96. The molecule has 6 heteroatoms. The first-order valence-corrected chi connectivity index (χ1v) is 4.57. The van der Waals surface area contributed by atoms with Gasteiger partial charge in [0.25, 0.3) is 0 Å². The molecule has 12 heavy (non-hydrogen) atoms. The van der Waals surface area contributed by atoms with Crippen molar-refractivity contribution >= 4 is 25.7 Å². The normalized spacial score (nSPS) is 19.2. The van der Waals surface area contributed by atoms with Crippen LogP contribution in [0.15, 0.2) is 0 Å². The molecule has 0 amide bonds. The molecule has 1 fully saturated rings. The van der Waals surface area contributed by atoms with Gasteiger partial charge in [-0.1, -0.05) is 6.42 Å². The summed E-state index contributed by atoms with van der Waals surface area (Å²) in [5.41, 5.74) is 0. The Kier molecular flexibility index (Phi) is 7.31. The first kappa shape index (κ1) is 12.5. The predicted molar refractivity (Wildman–Crippen MR) is 56.4 cm³/mol. The molecule has 0 aromatic carbocycles. The molecular weight excluding hydrogens is 194 g/mol. The zero-order valence-electron chi connectivity index (χ0n) is 7.32. The average molecular weight is 211 g/mol. The maximum atomic E-state index is 5.35. The molecule has 2 N–H and O–H groups in total. The van der Waals surface area contributed by atoms with Crippen molar-refractivity contribution in [3.05, 3.63) is 0 Å². The Labute approximate surface area is 85.1 Å². The van der Waals surface area contributed by atoms with Crippen molar-refractivity contribution in [3.8, 4) is 0 Å². The maximum absolute atomic E-state index is 5.35. The van der Waals surface area contributed by atoms with Crippen LogP contribution in [0.4, 0.5) is 0 Å². The van der Waals surface area contributed by atoms with Gasteiger partial charge in [-0.3, -0.25) is 5.84 Å². The van der Waals surface area contributed by atoms with Crippen molar-refractivity contribution in [2.24, 2.45) is 5.84 Å². The van der Waals surface area contributed by atoms with Crippen LogP contribution in [0, 0.1) is 0 Å². The molecule has 0 aromatic heterocycles. The van der Waals surface area contributed by atoms with Gasteiger partial charge in [0.15, 0.2) is 0 Å². The number of rotatable bonds is 3. The molecule has 74 valence electrons. The van der Waals surface area contributed by atoms with Gasteiger partial charge >= 0.3 is 0 Å². The number of hydrogen-bond acceptors (Lipinski definition) is 5. The molecular formula is C6H17N3OS2. The summed E-state index contributed by atoms with van der Waals surface area (Å²) >= 11 is 1.17. The van der Waals surface area contributed by atoms with Crippen LogP contribution >= 0.6 is 25.7 Å². The molecule has 4 nitrogen and oxygen atoms in total. The summed E-state index contributed by atoms with van der Waals surface area (Å²) in [5.74, 6) is 5.35. The molecule has 0 aliphatic carbocycles. The lowest BCUT2D eigenvalue weighted by atomic mass is 10.2. The third-order valence-electron chi connectivity index (χ3n) is 1.57. The van der Waals surface area contributed by atoms with Crippen LogP contribution in [0.2, 0.25) is 0 Å². The predicted octanol–water partition coefficient (Wildman–Crippen LogP) is 0.885. The second-order valence-corrected chi connectivity index (χ2v) is 3.56. The van der Waals surface area contributed by atoms with Crippen LogP contribution in [0.1, 0.15) is 19.3 Å². The van der Waals surface area contributed by atoms with E-state index in [1.807, 2.05) is 5.06 Å². The van der Waals surface area contributed by atoms with Gasteiger partial charge in [0.05, 0.1) is 0 Å². The van der Waals surface area contributed by atoms with E-state index in [1.54, 1.807) is 7.05 Å². The molecule has 0 radical (unpaired) electrons. The lowest BCUT2D eigenvalue weighted by Gasteiger charge is -2.24. The number of nitrogens with two attached hydrogens (primary N) is 1. The fourth-order valence-electron chi connectivity index (χ4n) is 1.04. The fourth-order valence-corrected chi connectivity index (χ4v) is 1.39. The lowest BCUT2D eigenvalue weighted by molar-refractivity contribution is -0.0561. The first-order valence-electron chi connectivity index (χ1n) is 3.87. The summed E-state index contributed by atoms with van der Waals surface area (Å²) < 4.78 is 6.75. The number of hydrazine groups is 1. The molecule has 1 saturated heterocycles. The highest BCUT2D eigenvalue weighted by Crippen LogP contribution is 2.14. The Balaban J connectivity index is 0.00000121. The molecule has 1 rings (SSSR count). The average Bonchev–Trinajstić information content (AvgIpc) is 2.03. The third kappa shape index (κ3) is 5.23. The lowest BCUT2D eigenvalue weighted by Crippen LogP contribution is -2.30. The highest BCUT2D eigenvalue weighted by atomic mass is 32.2. The topological polar surface area (TPSA) is 41.7 Å². The van der Waals surface area contributed by atoms with Crippen LogP contribution in [-0.2, 0) is 4.28 Å². The Hall–Kier alpha value is 0.540. The molecule has 0 saturated carbocycles. The minimum absolute atomic E-state index is 0. The number of hydroxylamine groups is 2. The molecule has 0 unspecified atom stereocenters. The van der Waals surface area contributed by atoms with Crippen LogP contribution in [0.3, 0.4) is 0 Å². The second kappa shape index (κ2) is 6.99. The van der Waals surface area contributed by atoms with Gasteiger partial charge in [-0.2, -0.15) is 23.0 Å². The van der Waals surface area contributed by atoms with E-state index in [1.165, 1.54) is 35.9 Å². The van der Waals surface area contributed by atoms with Gasteiger partial charge in [-0.05, 0) is 12.8 Å². The van der Waals surface area contributed by atoms with Crippen molar-refractivity contribution in [2.75, 3.05) is 20.1 Å². The molecule has 0 aromatic rings. The third-order valence-corrected chi connectivity index (χ3v) is 2.08. The van der Waals surface area contributed by atoms with E-state index in [0.717, 1.165) is 13.1 Å². The highest BCUT2D eigenvalue weighted by molar-refractivity contribution is 7.92. The van der Waals surface area contributed by atoms with Crippen LogP contribution in [0.5, 0.6) is 0 Å². The zero-order chi connectivity index (χ0) is 8.10. The molecule has 1 aliphatic heterocycles. The number of hydrogen-bond donors (Lipinski definition) is 1.